The molecule has 0 atom stereocenters. The minimum absolute atomic E-state index is 0.0499. The lowest BCUT2D eigenvalue weighted by atomic mass is 9.97. The highest BCUT2D eigenvalue weighted by Gasteiger charge is 2.29. The zero-order valence-electron chi connectivity index (χ0n) is 25.6. The molecular weight excluding hydrogens is 533 g/mol. The molecule has 2 heterocycles. The summed E-state index contributed by atoms with van der Waals surface area (Å²) in [5.41, 5.74) is 1.91. The Morgan fingerprint density at radius 1 is 0.881 bits per heavy atom. The van der Waals surface area contributed by atoms with Gasteiger partial charge in [0, 0.05) is 25.7 Å². The topological polar surface area (TPSA) is 62.3 Å². The molecule has 0 unspecified atom stereocenters. The fourth-order valence-corrected chi connectivity index (χ4v) is 5.98. The van der Waals surface area contributed by atoms with E-state index >= 15 is 0 Å². The van der Waals surface area contributed by atoms with Crippen molar-refractivity contribution in [2.24, 2.45) is 11.8 Å². The van der Waals surface area contributed by atoms with Gasteiger partial charge in [-0.2, -0.15) is 0 Å². The molecule has 8 heteroatoms. The predicted molar refractivity (Wildman–Crippen MR) is 163 cm³/mol. The summed E-state index contributed by atoms with van der Waals surface area (Å²) in [6.45, 7) is 11.3. The van der Waals surface area contributed by atoms with Crippen LogP contribution in [0.2, 0.25) is 0 Å². The average Bonchev–Trinajstić information content (AvgIpc) is 3.00. The van der Waals surface area contributed by atoms with Gasteiger partial charge in [-0.1, -0.05) is 38.1 Å². The molecular formula is C34H48FN3O4. The maximum absolute atomic E-state index is 13.7. The lowest BCUT2D eigenvalue weighted by Crippen LogP contribution is -2.48. The summed E-state index contributed by atoms with van der Waals surface area (Å²) in [7, 11) is 1.47. The van der Waals surface area contributed by atoms with Crippen LogP contribution in [0.1, 0.15) is 57.1 Å². The third-order valence-electron chi connectivity index (χ3n) is 8.52. The van der Waals surface area contributed by atoms with Gasteiger partial charge in [0.15, 0.2) is 0 Å². The molecule has 1 amide bonds. The Balaban J connectivity index is 1.28. The first-order valence-corrected chi connectivity index (χ1v) is 15.6. The molecule has 2 aromatic carbocycles. The SMILES string of the molecule is COC(=O)C1CCN(CCCN2CCC(N(Cc3ccc(F)cc3)C(=O)Cc3ccc(OCC(C)C)cc3)CC2)CC1. The molecule has 2 aromatic rings. The van der Waals surface area contributed by atoms with Crippen LogP contribution in [-0.4, -0.2) is 85.6 Å². The van der Waals surface area contributed by atoms with E-state index in [-0.39, 0.29) is 29.7 Å². The largest absolute Gasteiger partial charge is 0.493 e. The van der Waals surface area contributed by atoms with Crippen molar-refractivity contribution in [1.82, 2.24) is 14.7 Å². The quantitative estimate of drug-likeness (QED) is 0.304. The Labute approximate surface area is 251 Å². The minimum atomic E-state index is -0.266. The van der Waals surface area contributed by atoms with E-state index in [1.165, 1.54) is 19.2 Å². The molecule has 2 aliphatic heterocycles. The molecule has 0 radical (unpaired) electrons. The number of ether oxygens (including phenoxy) is 2. The number of nitrogens with zero attached hydrogens (tertiary/aromatic N) is 3. The van der Waals surface area contributed by atoms with E-state index in [0.29, 0.717) is 25.5 Å². The lowest BCUT2D eigenvalue weighted by Gasteiger charge is -2.39. The maximum atomic E-state index is 13.7. The van der Waals surface area contributed by atoms with E-state index in [1.54, 1.807) is 12.1 Å². The van der Waals surface area contributed by atoms with Crippen LogP contribution in [0.15, 0.2) is 48.5 Å². The number of esters is 1. The van der Waals surface area contributed by atoms with Gasteiger partial charge in [0.1, 0.15) is 11.6 Å². The third-order valence-corrected chi connectivity index (χ3v) is 8.52. The van der Waals surface area contributed by atoms with Crippen molar-refractivity contribution in [3.63, 3.8) is 0 Å². The highest BCUT2D eigenvalue weighted by atomic mass is 19.1. The highest BCUT2D eigenvalue weighted by Crippen LogP contribution is 2.23. The fraction of sp³-hybridized carbons (Fsp3) is 0.588. The lowest BCUT2D eigenvalue weighted by molar-refractivity contribution is -0.147. The monoisotopic (exact) mass is 581 g/mol. The first kappa shape index (κ1) is 32.0. The van der Waals surface area contributed by atoms with Gasteiger partial charge in [0.25, 0.3) is 0 Å². The number of likely N-dealkylation sites (tertiary alicyclic amines) is 2. The summed E-state index contributed by atoms with van der Waals surface area (Å²) in [6.07, 6.45) is 5.05. The van der Waals surface area contributed by atoms with Gasteiger partial charge in [-0.3, -0.25) is 9.59 Å². The number of amides is 1. The van der Waals surface area contributed by atoms with Crippen LogP contribution in [-0.2, 0) is 27.3 Å². The van der Waals surface area contributed by atoms with E-state index in [0.717, 1.165) is 88.2 Å². The number of rotatable bonds is 13. The number of piperidine rings is 2. The maximum Gasteiger partial charge on any atom is 0.308 e. The highest BCUT2D eigenvalue weighted by molar-refractivity contribution is 5.79. The Kier molecular flexibility index (Phi) is 12.2. The molecule has 4 rings (SSSR count). The molecule has 0 aromatic heterocycles. The third kappa shape index (κ3) is 9.80. The normalized spacial score (nSPS) is 17.4. The fourth-order valence-electron chi connectivity index (χ4n) is 5.98. The van der Waals surface area contributed by atoms with Gasteiger partial charge in [0.2, 0.25) is 5.91 Å². The van der Waals surface area contributed by atoms with Gasteiger partial charge in [-0.05, 0) is 99.6 Å². The number of hydrogen-bond donors (Lipinski definition) is 0. The van der Waals surface area contributed by atoms with Crippen molar-refractivity contribution in [1.29, 1.82) is 0 Å². The van der Waals surface area contributed by atoms with E-state index in [2.05, 4.69) is 23.6 Å². The second-order valence-corrected chi connectivity index (χ2v) is 12.2. The van der Waals surface area contributed by atoms with Crippen molar-refractivity contribution in [3.8, 4) is 5.75 Å². The summed E-state index contributed by atoms with van der Waals surface area (Å²) in [5.74, 6) is 1.08. The van der Waals surface area contributed by atoms with E-state index in [4.69, 9.17) is 9.47 Å². The molecule has 2 fully saturated rings. The molecule has 2 saturated heterocycles. The van der Waals surface area contributed by atoms with Crippen LogP contribution < -0.4 is 4.74 Å². The zero-order valence-corrected chi connectivity index (χ0v) is 25.6. The standard InChI is InChI=1S/C34H48FN3O4/c1-26(2)25-42-32-11-7-27(8-12-32)23-33(39)38(24-28-5-9-30(35)10-6-28)31-15-21-37(22-16-31)18-4-17-36-19-13-29(14-20-36)34(40)41-3/h5-12,26,29,31H,4,13-25H2,1-3H3. The molecule has 0 bridgehead atoms. The smallest absolute Gasteiger partial charge is 0.308 e. The Hall–Kier alpha value is -2.97. The van der Waals surface area contributed by atoms with Crippen molar-refractivity contribution in [2.45, 2.75) is 65.0 Å². The summed E-state index contributed by atoms with van der Waals surface area (Å²) >= 11 is 0. The summed E-state index contributed by atoms with van der Waals surface area (Å²) < 4.78 is 24.3. The summed E-state index contributed by atoms with van der Waals surface area (Å²) in [6, 6.07) is 14.5. The Bertz CT molecular complexity index is 1110. The van der Waals surface area contributed by atoms with Crippen molar-refractivity contribution in [3.05, 3.63) is 65.5 Å². The second kappa shape index (κ2) is 16.0. The first-order valence-electron chi connectivity index (χ1n) is 15.6. The Morgan fingerprint density at radius 3 is 2.02 bits per heavy atom. The molecule has 7 nitrogen and oxygen atoms in total. The summed E-state index contributed by atoms with van der Waals surface area (Å²) in [4.78, 5) is 32.4. The van der Waals surface area contributed by atoms with E-state index in [1.807, 2.05) is 29.2 Å². The molecule has 230 valence electrons. The van der Waals surface area contributed by atoms with E-state index < -0.39 is 0 Å². The van der Waals surface area contributed by atoms with Crippen LogP contribution in [0.25, 0.3) is 0 Å². The number of methoxy groups -OCH3 is 1. The van der Waals surface area contributed by atoms with Gasteiger partial charge in [-0.15, -0.1) is 0 Å². The van der Waals surface area contributed by atoms with Gasteiger partial charge >= 0.3 is 5.97 Å². The molecule has 2 aliphatic rings. The van der Waals surface area contributed by atoms with Crippen LogP contribution in [0, 0.1) is 17.7 Å². The van der Waals surface area contributed by atoms with Gasteiger partial charge in [0.05, 0.1) is 26.1 Å². The van der Waals surface area contributed by atoms with E-state index in [9.17, 15) is 14.0 Å². The predicted octanol–water partition coefficient (Wildman–Crippen LogP) is 5.17. The Morgan fingerprint density at radius 2 is 1.45 bits per heavy atom. The average molecular weight is 582 g/mol. The number of benzene rings is 2. The number of carbonyl (C=O) groups is 2. The molecule has 0 N–H and O–H groups in total. The molecule has 0 spiro atoms. The summed E-state index contributed by atoms with van der Waals surface area (Å²) in [5, 5.41) is 0. The number of halogens is 1. The number of hydrogen-bond acceptors (Lipinski definition) is 6. The van der Waals surface area contributed by atoms with Crippen LogP contribution in [0.5, 0.6) is 5.75 Å². The van der Waals surface area contributed by atoms with Gasteiger partial charge < -0.3 is 24.2 Å². The van der Waals surface area contributed by atoms with Crippen molar-refractivity contribution < 1.29 is 23.5 Å². The zero-order chi connectivity index (χ0) is 29.9. The van der Waals surface area contributed by atoms with Crippen LogP contribution in [0.4, 0.5) is 4.39 Å². The number of carbonyl (C=O) groups excluding carboxylic acids is 2. The van der Waals surface area contributed by atoms with Crippen LogP contribution in [0.3, 0.4) is 0 Å². The second-order valence-electron chi connectivity index (χ2n) is 12.2. The first-order chi connectivity index (χ1) is 20.3. The molecule has 0 saturated carbocycles. The minimum Gasteiger partial charge on any atom is -0.493 e. The van der Waals surface area contributed by atoms with Crippen molar-refractivity contribution in [2.75, 3.05) is 53.0 Å². The van der Waals surface area contributed by atoms with Gasteiger partial charge in [-0.25, -0.2) is 4.39 Å². The van der Waals surface area contributed by atoms with Crippen molar-refractivity contribution >= 4 is 11.9 Å². The molecule has 0 aliphatic carbocycles. The molecule has 42 heavy (non-hydrogen) atoms. The van der Waals surface area contributed by atoms with Crippen LogP contribution >= 0.6 is 0 Å².